The molecule has 21 heavy (non-hydrogen) atoms. The monoisotopic (exact) mass is 346 g/mol. The van der Waals surface area contributed by atoms with Crippen molar-refractivity contribution in [3.63, 3.8) is 0 Å². The zero-order chi connectivity index (χ0) is 15.1. The van der Waals surface area contributed by atoms with Crippen molar-refractivity contribution in [3.8, 4) is 11.5 Å². The summed E-state index contributed by atoms with van der Waals surface area (Å²) in [5.74, 6) is 2.80. The second-order valence-electron chi connectivity index (χ2n) is 4.69. The average molecular weight is 347 g/mol. The first-order valence-electron chi connectivity index (χ1n) is 7.21. The van der Waals surface area contributed by atoms with Crippen molar-refractivity contribution in [2.24, 2.45) is 0 Å². The van der Waals surface area contributed by atoms with E-state index >= 15 is 0 Å². The minimum Gasteiger partial charge on any atom is -0.490 e. The summed E-state index contributed by atoms with van der Waals surface area (Å²) in [5, 5.41) is 3.46. The third kappa shape index (κ3) is 4.41. The first kappa shape index (κ1) is 16.7. The Labute approximate surface area is 140 Å². The van der Waals surface area contributed by atoms with Gasteiger partial charge >= 0.3 is 0 Å². The van der Waals surface area contributed by atoms with E-state index < -0.39 is 0 Å². The van der Waals surface area contributed by atoms with Gasteiger partial charge in [-0.15, -0.1) is 34.5 Å². The largest absolute Gasteiger partial charge is 0.490 e. The summed E-state index contributed by atoms with van der Waals surface area (Å²) in [4.78, 5) is 0. The van der Waals surface area contributed by atoms with Crippen molar-refractivity contribution in [1.29, 1.82) is 0 Å². The number of alkyl halides is 2. The zero-order valence-corrected chi connectivity index (χ0v) is 14.5. The van der Waals surface area contributed by atoms with Crippen LogP contribution in [0.2, 0.25) is 0 Å². The molecule has 2 aromatic rings. The molecule has 1 aromatic heterocycles. The van der Waals surface area contributed by atoms with E-state index in [2.05, 4.69) is 24.4 Å². The third-order valence-corrected chi connectivity index (χ3v) is 4.70. The number of thiophene rings is 1. The summed E-state index contributed by atoms with van der Waals surface area (Å²) in [6.45, 7) is 3.37. The van der Waals surface area contributed by atoms with Gasteiger partial charge < -0.3 is 9.47 Å². The Bertz CT molecular complexity index is 569. The van der Waals surface area contributed by atoms with Gasteiger partial charge in [0, 0.05) is 22.5 Å². The van der Waals surface area contributed by atoms with E-state index in [9.17, 15) is 0 Å². The maximum atomic E-state index is 5.85. The number of ether oxygens (including phenoxy) is 2. The van der Waals surface area contributed by atoms with Gasteiger partial charge in [0.1, 0.15) is 0 Å². The number of benzene rings is 1. The van der Waals surface area contributed by atoms with Gasteiger partial charge in [0.25, 0.3) is 0 Å². The second kappa shape index (κ2) is 8.72. The van der Waals surface area contributed by atoms with Crippen LogP contribution in [-0.4, -0.2) is 25.0 Å². The number of halogens is 2. The van der Waals surface area contributed by atoms with Gasteiger partial charge in [-0.1, -0.05) is 6.92 Å². The molecule has 0 saturated carbocycles. The number of aryl methyl sites for hydroxylation is 1. The predicted octanol–water partition coefficient (Wildman–Crippen LogP) is 5.48. The normalized spacial score (nSPS) is 11.0. The SMILES string of the molecule is CCc1csc2cc(OCCCCl)c(OCCCCl)cc12. The second-order valence-corrected chi connectivity index (χ2v) is 6.36. The highest BCUT2D eigenvalue weighted by molar-refractivity contribution is 7.17. The number of rotatable bonds is 9. The van der Waals surface area contributed by atoms with Gasteiger partial charge in [-0.3, -0.25) is 0 Å². The van der Waals surface area contributed by atoms with Crippen molar-refractivity contribution in [1.82, 2.24) is 0 Å². The van der Waals surface area contributed by atoms with E-state index in [1.807, 2.05) is 0 Å². The summed E-state index contributed by atoms with van der Waals surface area (Å²) < 4.78 is 12.9. The van der Waals surface area contributed by atoms with Crippen molar-refractivity contribution in [2.45, 2.75) is 26.2 Å². The molecule has 0 spiro atoms. The molecule has 0 unspecified atom stereocenters. The topological polar surface area (TPSA) is 18.5 Å². The molecule has 0 aliphatic carbocycles. The zero-order valence-electron chi connectivity index (χ0n) is 12.2. The van der Waals surface area contributed by atoms with Crippen LogP contribution in [0.4, 0.5) is 0 Å². The fraction of sp³-hybridized carbons (Fsp3) is 0.500. The highest BCUT2D eigenvalue weighted by atomic mass is 35.5. The Balaban J connectivity index is 2.26. The van der Waals surface area contributed by atoms with Crippen LogP contribution in [0.3, 0.4) is 0 Å². The minimum absolute atomic E-state index is 0.601. The van der Waals surface area contributed by atoms with Crippen LogP contribution >= 0.6 is 34.5 Å². The average Bonchev–Trinajstić information content (AvgIpc) is 2.89. The van der Waals surface area contributed by atoms with Gasteiger partial charge in [0.05, 0.1) is 13.2 Å². The molecule has 0 N–H and O–H groups in total. The Hall–Kier alpha value is -0.640. The molecule has 2 nitrogen and oxygen atoms in total. The highest BCUT2D eigenvalue weighted by Gasteiger charge is 2.11. The lowest BCUT2D eigenvalue weighted by atomic mass is 10.1. The molecule has 0 bridgehead atoms. The Morgan fingerprint density at radius 1 is 1.00 bits per heavy atom. The lowest BCUT2D eigenvalue weighted by molar-refractivity contribution is 0.270. The van der Waals surface area contributed by atoms with Gasteiger partial charge in [-0.25, -0.2) is 0 Å². The number of hydrogen-bond acceptors (Lipinski definition) is 3. The quantitative estimate of drug-likeness (QED) is 0.442. The summed E-state index contributed by atoms with van der Waals surface area (Å²) in [6.07, 6.45) is 2.67. The van der Waals surface area contributed by atoms with Crippen LogP contribution in [-0.2, 0) is 6.42 Å². The maximum Gasteiger partial charge on any atom is 0.162 e. The van der Waals surface area contributed by atoms with E-state index in [4.69, 9.17) is 32.7 Å². The summed E-state index contributed by atoms with van der Waals surface area (Å²) in [5.41, 5.74) is 1.35. The van der Waals surface area contributed by atoms with Gasteiger partial charge in [-0.05, 0) is 41.7 Å². The molecule has 0 aliphatic rings. The molecule has 2 rings (SSSR count). The lowest BCUT2D eigenvalue weighted by Crippen LogP contribution is -2.03. The lowest BCUT2D eigenvalue weighted by Gasteiger charge is -2.13. The molecule has 0 radical (unpaired) electrons. The molecular formula is C16H20Cl2O2S. The predicted molar refractivity (Wildman–Crippen MR) is 92.9 cm³/mol. The van der Waals surface area contributed by atoms with Crippen LogP contribution in [0.1, 0.15) is 25.3 Å². The highest BCUT2D eigenvalue weighted by Crippen LogP contribution is 2.37. The summed E-state index contributed by atoms with van der Waals surface area (Å²) in [7, 11) is 0. The van der Waals surface area contributed by atoms with Crippen molar-refractivity contribution < 1.29 is 9.47 Å². The smallest absolute Gasteiger partial charge is 0.162 e. The standard InChI is InChI=1S/C16H20Cl2O2S/c1-2-12-11-21-16-10-15(20-8-4-6-18)14(9-13(12)16)19-7-3-5-17/h9-11H,2-8H2,1H3. The molecule has 0 atom stereocenters. The van der Waals surface area contributed by atoms with Crippen molar-refractivity contribution in [3.05, 3.63) is 23.1 Å². The molecule has 0 fully saturated rings. The molecule has 0 saturated heterocycles. The van der Waals surface area contributed by atoms with E-state index in [1.165, 1.54) is 15.6 Å². The Kier molecular flexibility index (Phi) is 6.94. The van der Waals surface area contributed by atoms with Crippen LogP contribution in [0.5, 0.6) is 11.5 Å². The first-order chi connectivity index (χ1) is 10.3. The molecule has 116 valence electrons. The Morgan fingerprint density at radius 2 is 1.62 bits per heavy atom. The fourth-order valence-electron chi connectivity index (χ4n) is 2.06. The molecule has 5 heteroatoms. The molecular weight excluding hydrogens is 327 g/mol. The van der Waals surface area contributed by atoms with Crippen LogP contribution in [0.15, 0.2) is 17.5 Å². The number of fused-ring (bicyclic) bond motifs is 1. The van der Waals surface area contributed by atoms with Crippen molar-refractivity contribution >= 4 is 44.6 Å². The van der Waals surface area contributed by atoms with Crippen LogP contribution in [0.25, 0.3) is 10.1 Å². The third-order valence-electron chi connectivity index (χ3n) is 3.17. The molecule has 0 aliphatic heterocycles. The van der Waals surface area contributed by atoms with Crippen LogP contribution < -0.4 is 9.47 Å². The first-order valence-corrected chi connectivity index (χ1v) is 9.16. The van der Waals surface area contributed by atoms with Gasteiger partial charge in [0.2, 0.25) is 0 Å². The van der Waals surface area contributed by atoms with E-state index in [-0.39, 0.29) is 0 Å². The van der Waals surface area contributed by atoms with Crippen molar-refractivity contribution in [2.75, 3.05) is 25.0 Å². The maximum absolute atomic E-state index is 5.85. The van der Waals surface area contributed by atoms with Crippen LogP contribution in [0, 0.1) is 0 Å². The Morgan fingerprint density at radius 3 is 2.19 bits per heavy atom. The fourth-order valence-corrected chi connectivity index (χ4v) is 3.33. The summed E-state index contributed by atoms with van der Waals surface area (Å²) >= 11 is 13.2. The van der Waals surface area contributed by atoms with Gasteiger partial charge in [0.15, 0.2) is 11.5 Å². The van der Waals surface area contributed by atoms with E-state index in [1.54, 1.807) is 11.3 Å². The van der Waals surface area contributed by atoms with E-state index in [0.717, 1.165) is 30.8 Å². The molecule has 1 heterocycles. The van der Waals surface area contributed by atoms with E-state index in [0.29, 0.717) is 25.0 Å². The van der Waals surface area contributed by atoms with Gasteiger partial charge in [-0.2, -0.15) is 0 Å². The summed E-state index contributed by atoms with van der Waals surface area (Å²) in [6, 6.07) is 4.17. The molecule has 0 amide bonds. The number of hydrogen-bond donors (Lipinski definition) is 0. The minimum atomic E-state index is 0.601. The molecule has 1 aromatic carbocycles.